The van der Waals surface area contributed by atoms with Gasteiger partial charge in [-0.2, -0.15) is 0 Å². The van der Waals surface area contributed by atoms with Gasteiger partial charge in [0.2, 0.25) is 0 Å². The molecule has 1 unspecified atom stereocenters. The predicted octanol–water partition coefficient (Wildman–Crippen LogP) is 4.60. The van der Waals surface area contributed by atoms with E-state index in [1.54, 1.807) is 0 Å². The zero-order chi connectivity index (χ0) is 14.5. The Hall–Kier alpha value is -0.770. The molecule has 0 N–H and O–H groups in total. The van der Waals surface area contributed by atoms with E-state index in [-0.39, 0.29) is 0 Å². The monoisotopic (exact) mass is 361 g/mol. The maximum absolute atomic E-state index is 3.59. The van der Waals surface area contributed by atoms with E-state index in [2.05, 4.69) is 75.4 Å². The normalized spacial score (nSPS) is 17.1. The Labute approximate surface area is 139 Å². The number of hydrogen-bond donors (Lipinski definition) is 0. The molecule has 110 valence electrons. The molecule has 1 nitrogen and oxygen atoms in total. The minimum absolute atomic E-state index is 0.685. The van der Waals surface area contributed by atoms with Crippen LogP contribution in [0.1, 0.15) is 11.1 Å². The molecule has 0 spiro atoms. The van der Waals surface area contributed by atoms with Crippen molar-refractivity contribution in [3.8, 4) is 0 Å². The molecule has 1 aliphatic rings. The van der Waals surface area contributed by atoms with Crippen LogP contribution < -0.4 is 0 Å². The molecule has 3 heteroatoms. The number of rotatable bonds is 6. The molecule has 3 rings (SSSR count). The lowest BCUT2D eigenvalue weighted by Gasteiger charge is -2.24. The molecule has 1 atom stereocenters. The summed E-state index contributed by atoms with van der Waals surface area (Å²) in [6, 6.07) is 19.6. The maximum Gasteiger partial charge on any atom is 0.0263 e. The Bertz CT molecular complexity index is 547. The Kier molecular flexibility index (Phi) is 5.39. The van der Waals surface area contributed by atoms with E-state index in [9.17, 15) is 0 Å². The van der Waals surface area contributed by atoms with Gasteiger partial charge in [0.1, 0.15) is 0 Å². The minimum Gasteiger partial charge on any atom is -0.297 e. The van der Waals surface area contributed by atoms with E-state index in [1.165, 1.54) is 22.4 Å². The van der Waals surface area contributed by atoms with Crippen LogP contribution in [0.25, 0.3) is 0 Å². The van der Waals surface area contributed by atoms with Crippen molar-refractivity contribution in [2.45, 2.75) is 23.1 Å². The number of thioether (sulfide) groups is 1. The summed E-state index contributed by atoms with van der Waals surface area (Å²) in [7, 11) is 0. The van der Waals surface area contributed by atoms with Crippen LogP contribution in [0, 0.1) is 0 Å². The highest BCUT2D eigenvalue weighted by atomic mass is 79.9. The van der Waals surface area contributed by atoms with Crippen molar-refractivity contribution in [3.63, 3.8) is 0 Å². The Morgan fingerprint density at radius 3 is 2.57 bits per heavy atom. The van der Waals surface area contributed by atoms with Crippen LogP contribution in [0.4, 0.5) is 0 Å². The maximum atomic E-state index is 3.59. The Morgan fingerprint density at radius 1 is 1.05 bits per heavy atom. The summed E-state index contributed by atoms with van der Waals surface area (Å²) >= 11 is 5.64. The van der Waals surface area contributed by atoms with Crippen LogP contribution in [0.15, 0.2) is 59.5 Å². The fourth-order valence-electron chi connectivity index (χ4n) is 2.84. The number of benzene rings is 2. The zero-order valence-electron chi connectivity index (χ0n) is 12.0. The average Bonchev–Trinajstić information content (AvgIpc) is 2.90. The van der Waals surface area contributed by atoms with E-state index < -0.39 is 0 Å². The fraction of sp³-hybridized carbons (Fsp3) is 0.333. The van der Waals surface area contributed by atoms with Crippen molar-refractivity contribution in [2.75, 3.05) is 18.4 Å². The van der Waals surface area contributed by atoms with Gasteiger partial charge in [-0.15, -0.1) is 11.8 Å². The van der Waals surface area contributed by atoms with Crippen LogP contribution >= 0.6 is 27.7 Å². The number of nitrogens with zero attached hydrogens (tertiary/aromatic N) is 1. The smallest absolute Gasteiger partial charge is 0.0263 e. The summed E-state index contributed by atoms with van der Waals surface area (Å²) in [5.74, 6) is 0. The number of hydrogen-bond acceptors (Lipinski definition) is 2. The molecule has 0 bridgehead atoms. The highest BCUT2D eigenvalue weighted by Crippen LogP contribution is 2.37. The second kappa shape index (κ2) is 7.48. The Balaban J connectivity index is 1.61. The predicted molar refractivity (Wildman–Crippen MR) is 95.3 cm³/mol. The summed E-state index contributed by atoms with van der Waals surface area (Å²) in [6.45, 7) is 3.29. The molecule has 1 aliphatic heterocycles. The van der Waals surface area contributed by atoms with Gasteiger partial charge in [-0.1, -0.05) is 64.5 Å². The first-order valence-electron chi connectivity index (χ1n) is 7.42. The quantitative estimate of drug-likeness (QED) is 0.691. The van der Waals surface area contributed by atoms with Crippen LogP contribution in [-0.2, 0) is 13.0 Å². The molecule has 0 saturated heterocycles. The van der Waals surface area contributed by atoms with Gasteiger partial charge in [-0.3, -0.25) is 4.90 Å². The molecule has 2 aromatic carbocycles. The second-order valence-electron chi connectivity index (χ2n) is 5.46. The van der Waals surface area contributed by atoms with Gasteiger partial charge < -0.3 is 0 Å². The molecule has 1 heterocycles. The highest BCUT2D eigenvalue weighted by Gasteiger charge is 2.23. The summed E-state index contributed by atoms with van der Waals surface area (Å²) in [5.41, 5.74) is 2.92. The van der Waals surface area contributed by atoms with Crippen LogP contribution in [0.3, 0.4) is 0 Å². The third-order valence-corrected chi connectivity index (χ3v) is 5.48. The number of halogens is 1. The summed E-state index contributed by atoms with van der Waals surface area (Å²) in [4.78, 5) is 4.04. The summed E-state index contributed by atoms with van der Waals surface area (Å²) < 4.78 is 0. The standard InChI is InChI=1S/C18H20BrNS/c19-10-11-20(13-15-6-2-1-3-7-15)14-17-12-16-8-4-5-9-18(16)21-17/h1-9,17H,10-14H2. The minimum atomic E-state index is 0.685. The van der Waals surface area contributed by atoms with Gasteiger partial charge in [-0.05, 0) is 23.6 Å². The second-order valence-corrected chi connectivity index (χ2v) is 7.60. The number of alkyl halides is 1. The molecular weight excluding hydrogens is 342 g/mol. The SMILES string of the molecule is BrCCN(Cc1ccccc1)CC1Cc2ccccc2S1. The fourth-order valence-corrected chi connectivity index (χ4v) is 4.71. The molecule has 21 heavy (non-hydrogen) atoms. The zero-order valence-corrected chi connectivity index (χ0v) is 14.4. The van der Waals surface area contributed by atoms with Crippen molar-refractivity contribution in [1.82, 2.24) is 4.90 Å². The lowest BCUT2D eigenvalue weighted by atomic mass is 10.1. The van der Waals surface area contributed by atoms with Crippen molar-refractivity contribution < 1.29 is 0 Å². The largest absolute Gasteiger partial charge is 0.297 e. The van der Waals surface area contributed by atoms with Crippen molar-refractivity contribution in [1.29, 1.82) is 0 Å². The van der Waals surface area contributed by atoms with E-state index in [1.807, 2.05) is 11.8 Å². The lowest BCUT2D eigenvalue weighted by Crippen LogP contribution is -2.32. The first-order valence-corrected chi connectivity index (χ1v) is 9.42. The highest BCUT2D eigenvalue weighted by molar-refractivity contribution is 9.09. The third-order valence-electron chi connectivity index (χ3n) is 3.83. The average molecular weight is 362 g/mol. The molecule has 0 aromatic heterocycles. The van der Waals surface area contributed by atoms with Gasteiger partial charge >= 0.3 is 0 Å². The molecule has 0 fully saturated rings. The molecule has 2 aromatic rings. The van der Waals surface area contributed by atoms with Crippen LogP contribution in [-0.4, -0.2) is 28.6 Å². The van der Waals surface area contributed by atoms with Gasteiger partial charge in [0, 0.05) is 35.1 Å². The lowest BCUT2D eigenvalue weighted by molar-refractivity contribution is 0.284. The molecule has 0 amide bonds. The van der Waals surface area contributed by atoms with Gasteiger partial charge in [0.05, 0.1) is 0 Å². The van der Waals surface area contributed by atoms with E-state index in [0.717, 1.165) is 25.0 Å². The van der Waals surface area contributed by atoms with E-state index in [4.69, 9.17) is 0 Å². The van der Waals surface area contributed by atoms with Gasteiger partial charge in [0.25, 0.3) is 0 Å². The number of fused-ring (bicyclic) bond motifs is 1. The van der Waals surface area contributed by atoms with Crippen molar-refractivity contribution in [2.24, 2.45) is 0 Å². The summed E-state index contributed by atoms with van der Waals surface area (Å²) in [5, 5.41) is 1.72. The van der Waals surface area contributed by atoms with Crippen molar-refractivity contribution in [3.05, 3.63) is 65.7 Å². The van der Waals surface area contributed by atoms with Gasteiger partial charge in [0.15, 0.2) is 0 Å². The molecule has 0 saturated carbocycles. The molecule has 0 radical (unpaired) electrons. The van der Waals surface area contributed by atoms with Crippen LogP contribution in [0.2, 0.25) is 0 Å². The Morgan fingerprint density at radius 2 is 1.81 bits per heavy atom. The van der Waals surface area contributed by atoms with Crippen LogP contribution in [0.5, 0.6) is 0 Å². The first-order chi connectivity index (χ1) is 10.3. The van der Waals surface area contributed by atoms with E-state index in [0.29, 0.717) is 5.25 Å². The first kappa shape index (κ1) is 15.1. The molecular formula is C18H20BrNS. The topological polar surface area (TPSA) is 3.24 Å². The third kappa shape index (κ3) is 4.12. The van der Waals surface area contributed by atoms with Crippen molar-refractivity contribution >= 4 is 27.7 Å². The van der Waals surface area contributed by atoms with E-state index >= 15 is 0 Å². The molecule has 0 aliphatic carbocycles. The summed E-state index contributed by atoms with van der Waals surface area (Å²) in [6.07, 6.45) is 1.20. The van der Waals surface area contributed by atoms with Gasteiger partial charge in [-0.25, -0.2) is 0 Å².